The van der Waals surface area contributed by atoms with Crippen molar-refractivity contribution in [3.05, 3.63) is 34.6 Å². The maximum absolute atomic E-state index is 4.92. The van der Waals surface area contributed by atoms with Crippen LogP contribution in [-0.4, -0.2) is 32.8 Å². The van der Waals surface area contributed by atoms with Gasteiger partial charge in [0, 0.05) is 25.2 Å². The summed E-state index contributed by atoms with van der Waals surface area (Å²) in [5, 5.41) is 4.92. The van der Waals surface area contributed by atoms with Gasteiger partial charge in [0.15, 0.2) is 11.3 Å². The lowest BCUT2D eigenvalue weighted by Crippen LogP contribution is -2.23. The van der Waals surface area contributed by atoms with Gasteiger partial charge in [-0.15, -0.1) is 0 Å². The van der Waals surface area contributed by atoms with Crippen LogP contribution in [0.1, 0.15) is 43.3 Å². The van der Waals surface area contributed by atoms with E-state index in [1.165, 1.54) is 22.3 Å². The second-order valence-electron chi connectivity index (χ2n) is 6.90. The highest BCUT2D eigenvalue weighted by Gasteiger charge is 2.22. The molecule has 2 heterocycles. The van der Waals surface area contributed by atoms with Crippen LogP contribution in [0.4, 0.5) is 5.82 Å². The number of hydrogen-bond acceptors (Lipinski definition) is 4. The SMILES string of the molecule is CCN(CC)c1nc(C)nc2c(-c3c(C)cc(C)cc3C)n(CC)nc12. The Labute approximate surface area is 156 Å². The van der Waals surface area contributed by atoms with E-state index in [0.717, 1.165) is 48.0 Å². The monoisotopic (exact) mass is 351 g/mol. The van der Waals surface area contributed by atoms with Gasteiger partial charge in [-0.1, -0.05) is 17.7 Å². The fraction of sp³-hybridized carbons (Fsp3) is 0.476. The highest BCUT2D eigenvalue weighted by molar-refractivity contribution is 5.97. The van der Waals surface area contributed by atoms with E-state index in [4.69, 9.17) is 15.1 Å². The summed E-state index contributed by atoms with van der Waals surface area (Å²) in [5.74, 6) is 1.73. The standard InChI is InChI=1S/C21H29N5/c1-8-25(9-2)21-19-18(22-16(7)23-21)20(26(10-3)24-19)17-14(5)11-13(4)12-15(17)6/h11-12H,8-10H2,1-7H3. The van der Waals surface area contributed by atoms with E-state index in [1.807, 2.05) is 6.92 Å². The molecule has 3 rings (SSSR count). The largest absolute Gasteiger partial charge is 0.355 e. The van der Waals surface area contributed by atoms with Gasteiger partial charge in [-0.3, -0.25) is 4.68 Å². The zero-order chi connectivity index (χ0) is 19.0. The summed E-state index contributed by atoms with van der Waals surface area (Å²) in [6.07, 6.45) is 0. The average molecular weight is 351 g/mol. The lowest BCUT2D eigenvalue weighted by atomic mass is 9.96. The number of fused-ring (bicyclic) bond motifs is 1. The Kier molecular flexibility index (Phi) is 4.99. The Morgan fingerprint density at radius 3 is 2.04 bits per heavy atom. The second kappa shape index (κ2) is 7.06. The van der Waals surface area contributed by atoms with Crippen molar-refractivity contribution in [1.29, 1.82) is 0 Å². The van der Waals surface area contributed by atoms with Crippen LogP contribution in [-0.2, 0) is 6.54 Å². The number of aromatic nitrogens is 4. The average Bonchev–Trinajstić information content (AvgIpc) is 2.93. The third kappa shape index (κ3) is 2.96. The molecular weight excluding hydrogens is 322 g/mol. The first-order valence-electron chi connectivity index (χ1n) is 9.49. The minimum absolute atomic E-state index is 0.790. The van der Waals surface area contributed by atoms with Crippen molar-refractivity contribution in [2.75, 3.05) is 18.0 Å². The van der Waals surface area contributed by atoms with Crippen molar-refractivity contribution in [2.24, 2.45) is 0 Å². The van der Waals surface area contributed by atoms with Crippen molar-refractivity contribution in [3.8, 4) is 11.3 Å². The summed E-state index contributed by atoms with van der Waals surface area (Å²) in [6.45, 7) is 17.5. The predicted octanol–water partition coefficient (Wildman–Crippen LogP) is 4.59. The molecule has 0 unspecified atom stereocenters. The van der Waals surface area contributed by atoms with Gasteiger partial charge in [-0.25, -0.2) is 9.97 Å². The van der Waals surface area contributed by atoms with E-state index in [9.17, 15) is 0 Å². The number of nitrogens with zero attached hydrogens (tertiary/aromatic N) is 5. The van der Waals surface area contributed by atoms with Gasteiger partial charge in [0.05, 0.1) is 5.69 Å². The maximum atomic E-state index is 4.92. The molecule has 0 N–H and O–H groups in total. The van der Waals surface area contributed by atoms with Crippen molar-refractivity contribution in [3.63, 3.8) is 0 Å². The molecule has 0 aliphatic heterocycles. The first-order valence-corrected chi connectivity index (χ1v) is 9.49. The van der Waals surface area contributed by atoms with Gasteiger partial charge in [-0.2, -0.15) is 5.10 Å². The molecule has 0 saturated heterocycles. The zero-order valence-corrected chi connectivity index (χ0v) is 17.0. The van der Waals surface area contributed by atoms with Gasteiger partial charge in [0.2, 0.25) is 0 Å². The van der Waals surface area contributed by atoms with E-state index in [2.05, 4.69) is 63.3 Å². The number of rotatable bonds is 5. The van der Waals surface area contributed by atoms with E-state index < -0.39 is 0 Å². The quantitative estimate of drug-likeness (QED) is 0.674. The van der Waals surface area contributed by atoms with E-state index in [-0.39, 0.29) is 0 Å². The van der Waals surface area contributed by atoms with E-state index in [1.54, 1.807) is 0 Å². The molecule has 138 valence electrons. The minimum atomic E-state index is 0.790. The third-order valence-corrected chi connectivity index (χ3v) is 4.96. The predicted molar refractivity (Wildman–Crippen MR) is 109 cm³/mol. The smallest absolute Gasteiger partial charge is 0.160 e. The highest BCUT2D eigenvalue weighted by Crippen LogP contribution is 2.36. The first kappa shape index (κ1) is 18.4. The Morgan fingerprint density at radius 2 is 1.50 bits per heavy atom. The molecule has 1 aromatic carbocycles. The Bertz CT molecular complexity index is 928. The molecule has 0 aliphatic rings. The van der Waals surface area contributed by atoms with Crippen LogP contribution in [0.15, 0.2) is 12.1 Å². The van der Waals surface area contributed by atoms with Gasteiger partial charge >= 0.3 is 0 Å². The maximum Gasteiger partial charge on any atom is 0.160 e. The van der Waals surface area contributed by atoms with Gasteiger partial charge in [0.25, 0.3) is 0 Å². The van der Waals surface area contributed by atoms with Crippen LogP contribution >= 0.6 is 0 Å². The van der Waals surface area contributed by atoms with Crippen molar-refractivity contribution in [1.82, 2.24) is 19.7 Å². The van der Waals surface area contributed by atoms with Gasteiger partial charge in [0.1, 0.15) is 11.3 Å². The summed E-state index contributed by atoms with van der Waals surface area (Å²) in [6, 6.07) is 4.47. The molecule has 5 heteroatoms. The molecule has 2 aromatic heterocycles. The molecule has 0 fully saturated rings. The molecule has 0 bridgehead atoms. The second-order valence-corrected chi connectivity index (χ2v) is 6.90. The number of benzene rings is 1. The number of anilines is 1. The Morgan fingerprint density at radius 1 is 0.885 bits per heavy atom. The molecule has 5 nitrogen and oxygen atoms in total. The molecule has 0 aliphatic carbocycles. The molecule has 0 saturated carbocycles. The first-order chi connectivity index (χ1) is 12.4. The zero-order valence-electron chi connectivity index (χ0n) is 17.0. The molecule has 0 atom stereocenters. The Hall–Kier alpha value is -2.43. The molecule has 26 heavy (non-hydrogen) atoms. The number of aryl methyl sites for hydroxylation is 5. The summed E-state index contributed by atoms with van der Waals surface area (Å²) in [4.78, 5) is 11.8. The Balaban J connectivity index is 2.41. The molecular formula is C21H29N5. The summed E-state index contributed by atoms with van der Waals surface area (Å²) in [5.41, 5.74) is 8.01. The van der Waals surface area contributed by atoms with Gasteiger partial charge in [-0.05, 0) is 59.6 Å². The fourth-order valence-electron chi connectivity index (χ4n) is 3.88. The molecule has 0 amide bonds. The van der Waals surface area contributed by atoms with E-state index in [0.29, 0.717) is 0 Å². The van der Waals surface area contributed by atoms with Crippen molar-refractivity contribution in [2.45, 2.75) is 55.0 Å². The topological polar surface area (TPSA) is 46.8 Å². The summed E-state index contributed by atoms with van der Waals surface area (Å²) in [7, 11) is 0. The summed E-state index contributed by atoms with van der Waals surface area (Å²) >= 11 is 0. The van der Waals surface area contributed by atoms with Gasteiger partial charge < -0.3 is 4.90 Å². The number of hydrogen-bond donors (Lipinski definition) is 0. The normalized spacial score (nSPS) is 11.3. The third-order valence-electron chi connectivity index (χ3n) is 4.96. The molecule has 3 aromatic rings. The van der Waals surface area contributed by atoms with Crippen LogP contribution in [0.2, 0.25) is 0 Å². The van der Waals surface area contributed by atoms with Crippen LogP contribution in [0.3, 0.4) is 0 Å². The molecule has 0 radical (unpaired) electrons. The van der Waals surface area contributed by atoms with Crippen molar-refractivity contribution >= 4 is 16.9 Å². The molecule has 0 spiro atoms. The van der Waals surface area contributed by atoms with Crippen LogP contribution in [0.25, 0.3) is 22.3 Å². The summed E-state index contributed by atoms with van der Waals surface area (Å²) < 4.78 is 2.08. The van der Waals surface area contributed by atoms with Crippen LogP contribution in [0.5, 0.6) is 0 Å². The van der Waals surface area contributed by atoms with Crippen LogP contribution < -0.4 is 4.90 Å². The van der Waals surface area contributed by atoms with Crippen molar-refractivity contribution < 1.29 is 0 Å². The van der Waals surface area contributed by atoms with E-state index >= 15 is 0 Å². The highest BCUT2D eigenvalue weighted by atomic mass is 15.3. The lowest BCUT2D eigenvalue weighted by Gasteiger charge is -2.20. The van der Waals surface area contributed by atoms with Crippen LogP contribution in [0, 0.1) is 27.7 Å². The lowest BCUT2D eigenvalue weighted by molar-refractivity contribution is 0.673. The minimum Gasteiger partial charge on any atom is -0.355 e. The fourth-order valence-corrected chi connectivity index (χ4v) is 3.88.